The first kappa shape index (κ1) is 20.2. The lowest BCUT2D eigenvalue weighted by Gasteiger charge is -2.21. The fourth-order valence-electron chi connectivity index (χ4n) is 2.50. The summed E-state index contributed by atoms with van der Waals surface area (Å²) in [6.45, 7) is 9.63. The number of rotatable bonds is 10. The quantitative estimate of drug-likeness (QED) is 0.330. The fourth-order valence-corrected chi connectivity index (χ4v) is 2.50. The van der Waals surface area contributed by atoms with Gasteiger partial charge in [0.05, 0.1) is 13.2 Å². The van der Waals surface area contributed by atoms with Crippen LogP contribution in [0.5, 0.6) is 0 Å². The maximum atomic E-state index is 5.43. The minimum atomic E-state index is 0.656. The Bertz CT molecular complexity index is 315. The van der Waals surface area contributed by atoms with Gasteiger partial charge >= 0.3 is 0 Å². The highest BCUT2D eigenvalue weighted by Gasteiger charge is 2.11. The van der Waals surface area contributed by atoms with E-state index in [1.807, 2.05) is 7.05 Å². The summed E-state index contributed by atoms with van der Waals surface area (Å²) in [5, 5.41) is 6.70. The van der Waals surface area contributed by atoms with Gasteiger partial charge < -0.3 is 29.9 Å². The smallest absolute Gasteiger partial charge is 0.191 e. The Kier molecular flexibility index (Phi) is 11.9. The molecule has 1 rings (SSSR count). The second-order valence-electron chi connectivity index (χ2n) is 5.88. The summed E-state index contributed by atoms with van der Waals surface area (Å²) in [6, 6.07) is 0. The Morgan fingerprint density at radius 3 is 2.65 bits per heavy atom. The second kappa shape index (κ2) is 13.5. The van der Waals surface area contributed by atoms with Crippen LogP contribution in [0.1, 0.15) is 12.8 Å². The van der Waals surface area contributed by atoms with Gasteiger partial charge in [0.1, 0.15) is 0 Å². The number of ether oxygens (including phenoxy) is 2. The summed E-state index contributed by atoms with van der Waals surface area (Å²) < 4.78 is 10.4. The molecule has 7 nitrogen and oxygen atoms in total. The van der Waals surface area contributed by atoms with Crippen molar-refractivity contribution >= 4 is 5.96 Å². The molecule has 0 aromatic carbocycles. The van der Waals surface area contributed by atoms with Crippen LogP contribution in [-0.4, -0.2) is 103 Å². The normalized spacial score (nSPS) is 18.0. The van der Waals surface area contributed by atoms with E-state index in [0.717, 1.165) is 51.7 Å². The molecule has 136 valence electrons. The molecule has 0 saturated carbocycles. The Morgan fingerprint density at radius 2 is 1.87 bits per heavy atom. The molecule has 0 amide bonds. The highest BCUT2D eigenvalue weighted by Crippen LogP contribution is 1.99. The van der Waals surface area contributed by atoms with E-state index < -0.39 is 0 Å². The zero-order chi connectivity index (χ0) is 16.8. The van der Waals surface area contributed by atoms with Gasteiger partial charge in [-0.2, -0.15) is 0 Å². The summed E-state index contributed by atoms with van der Waals surface area (Å²) in [5.74, 6) is 0.869. The van der Waals surface area contributed by atoms with Crippen LogP contribution in [0.3, 0.4) is 0 Å². The van der Waals surface area contributed by atoms with Crippen molar-refractivity contribution in [3.63, 3.8) is 0 Å². The van der Waals surface area contributed by atoms with Gasteiger partial charge in [-0.05, 0) is 33.0 Å². The number of methoxy groups -OCH3 is 1. The van der Waals surface area contributed by atoms with Crippen LogP contribution in [0.2, 0.25) is 0 Å². The van der Waals surface area contributed by atoms with Crippen molar-refractivity contribution in [2.24, 2.45) is 4.99 Å². The van der Waals surface area contributed by atoms with Crippen molar-refractivity contribution < 1.29 is 9.47 Å². The standard InChI is InChI=1S/C16H35N5O2/c1-17-16(18-6-4-13-23-15-14-22-3)19-7-10-21-9-5-8-20(2)11-12-21/h4-15H2,1-3H3,(H2,17,18,19). The largest absolute Gasteiger partial charge is 0.382 e. The number of nitrogens with zero attached hydrogens (tertiary/aromatic N) is 3. The van der Waals surface area contributed by atoms with Crippen LogP contribution in [0, 0.1) is 0 Å². The molecule has 1 saturated heterocycles. The molecular formula is C16H35N5O2. The average molecular weight is 329 g/mol. The van der Waals surface area contributed by atoms with Crippen LogP contribution in [0.15, 0.2) is 4.99 Å². The summed E-state index contributed by atoms with van der Waals surface area (Å²) in [7, 11) is 5.70. The molecule has 1 fully saturated rings. The molecule has 0 radical (unpaired) electrons. The summed E-state index contributed by atoms with van der Waals surface area (Å²) in [5.41, 5.74) is 0. The number of aliphatic imine (C=N–C) groups is 1. The van der Waals surface area contributed by atoms with Gasteiger partial charge in [-0.1, -0.05) is 0 Å². The first-order valence-electron chi connectivity index (χ1n) is 8.68. The van der Waals surface area contributed by atoms with Gasteiger partial charge in [0.25, 0.3) is 0 Å². The maximum absolute atomic E-state index is 5.43. The lowest BCUT2D eigenvalue weighted by atomic mass is 10.4. The van der Waals surface area contributed by atoms with Gasteiger partial charge in [0, 0.05) is 53.5 Å². The van der Waals surface area contributed by atoms with Crippen molar-refractivity contribution in [1.29, 1.82) is 0 Å². The Balaban J connectivity index is 2.03. The van der Waals surface area contributed by atoms with Crippen molar-refractivity contribution in [1.82, 2.24) is 20.4 Å². The molecule has 0 spiro atoms. The molecule has 0 aromatic rings. The fraction of sp³-hybridized carbons (Fsp3) is 0.938. The molecule has 23 heavy (non-hydrogen) atoms. The van der Waals surface area contributed by atoms with E-state index in [2.05, 4.69) is 32.5 Å². The number of nitrogens with one attached hydrogen (secondary N) is 2. The van der Waals surface area contributed by atoms with E-state index in [4.69, 9.17) is 9.47 Å². The number of hydrogen-bond acceptors (Lipinski definition) is 5. The van der Waals surface area contributed by atoms with Gasteiger partial charge in [0.15, 0.2) is 5.96 Å². The predicted molar refractivity (Wildman–Crippen MR) is 95.2 cm³/mol. The molecule has 1 aliphatic heterocycles. The van der Waals surface area contributed by atoms with Crippen molar-refractivity contribution in [3.8, 4) is 0 Å². The first-order valence-corrected chi connectivity index (χ1v) is 8.68. The second-order valence-corrected chi connectivity index (χ2v) is 5.88. The average Bonchev–Trinajstić information content (AvgIpc) is 2.77. The van der Waals surface area contributed by atoms with Gasteiger partial charge in [-0.25, -0.2) is 0 Å². The predicted octanol–water partition coefficient (Wildman–Crippen LogP) is -0.158. The summed E-state index contributed by atoms with van der Waals surface area (Å²) in [6.07, 6.45) is 2.22. The molecular weight excluding hydrogens is 294 g/mol. The van der Waals surface area contributed by atoms with Gasteiger partial charge in [-0.15, -0.1) is 0 Å². The number of likely N-dealkylation sites (N-methyl/N-ethyl adjacent to an activating group) is 1. The SMILES string of the molecule is CN=C(NCCCOCCOC)NCCN1CCCN(C)CC1. The highest BCUT2D eigenvalue weighted by atomic mass is 16.5. The molecule has 0 aromatic heterocycles. The highest BCUT2D eigenvalue weighted by molar-refractivity contribution is 5.79. The van der Waals surface area contributed by atoms with Crippen LogP contribution < -0.4 is 10.6 Å². The topological polar surface area (TPSA) is 61.4 Å². The lowest BCUT2D eigenvalue weighted by molar-refractivity contribution is 0.0698. The maximum Gasteiger partial charge on any atom is 0.191 e. The van der Waals surface area contributed by atoms with Crippen molar-refractivity contribution in [2.45, 2.75) is 12.8 Å². The van der Waals surface area contributed by atoms with Gasteiger partial charge in [0.2, 0.25) is 0 Å². The van der Waals surface area contributed by atoms with E-state index in [1.165, 1.54) is 19.5 Å². The Morgan fingerprint density at radius 1 is 1.04 bits per heavy atom. The summed E-state index contributed by atoms with van der Waals surface area (Å²) in [4.78, 5) is 9.18. The summed E-state index contributed by atoms with van der Waals surface area (Å²) >= 11 is 0. The molecule has 0 aliphatic carbocycles. The van der Waals surface area contributed by atoms with Crippen molar-refractivity contribution in [2.75, 3.05) is 86.8 Å². The monoisotopic (exact) mass is 329 g/mol. The van der Waals surface area contributed by atoms with Crippen molar-refractivity contribution in [3.05, 3.63) is 0 Å². The van der Waals surface area contributed by atoms with Crippen LogP contribution >= 0.6 is 0 Å². The third kappa shape index (κ3) is 10.5. The number of hydrogen-bond donors (Lipinski definition) is 2. The zero-order valence-electron chi connectivity index (χ0n) is 15.1. The van der Waals surface area contributed by atoms with E-state index in [1.54, 1.807) is 7.11 Å². The van der Waals surface area contributed by atoms with E-state index >= 15 is 0 Å². The Labute approximate surface area is 141 Å². The van der Waals surface area contributed by atoms with Crippen LogP contribution in [0.4, 0.5) is 0 Å². The minimum Gasteiger partial charge on any atom is -0.382 e. The molecule has 7 heteroatoms. The van der Waals surface area contributed by atoms with E-state index in [9.17, 15) is 0 Å². The Hall–Kier alpha value is -0.890. The van der Waals surface area contributed by atoms with E-state index in [-0.39, 0.29) is 0 Å². The molecule has 1 heterocycles. The molecule has 2 N–H and O–H groups in total. The molecule has 0 unspecified atom stereocenters. The van der Waals surface area contributed by atoms with E-state index in [0.29, 0.717) is 13.2 Å². The van der Waals surface area contributed by atoms with Gasteiger partial charge in [-0.3, -0.25) is 4.99 Å². The molecule has 1 aliphatic rings. The van der Waals surface area contributed by atoms with Crippen LogP contribution in [-0.2, 0) is 9.47 Å². The molecule has 0 atom stereocenters. The third-order valence-electron chi connectivity index (χ3n) is 3.95. The number of guanidine groups is 1. The zero-order valence-corrected chi connectivity index (χ0v) is 15.1. The molecule has 0 bridgehead atoms. The van der Waals surface area contributed by atoms with Crippen LogP contribution in [0.25, 0.3) is 0 Å². The minimum absolute atomic E-state index is 0.656. The first-order chi connectivity index (χ1) is 11.3. The lowest BCUT2D eigenvalue weighted by Crippen LogP contribution is -2.42. The third-order valence-corrected chi connectivity index (χ3v) is 3.95.